The van der Waals surface area contributed by atoms with Gasteiger partial charge in [0.1, 0.15) is 4.64 Å². The van der Waals surface area contributed by atoms with E-state index in [9.17, 15) is 4.79 Å². The van der Waals surface area contributed by atoms with E-state index >= 15 is 0 Å². The molecule has 6 nitrogen and oxygen atoms in total. The monoisotopic (exact) mass is 422 g/mol. The Bertz CT molecular complexity index is 1070. The molecule has 30 heavy (non-hydrogen) atoms. The molecule has 2 aromatic carbocycles. The van der Waals surface area contributed by atoms with Crippen LogP contribution in [0.25, 0.3) is 10.9 Å². The average Bonchev–Trinajstić information content (AvgIpc) is 2.77. The first kappa shape index (κ1) is 20.5. The van der Waals surface area contributed by atoms with Crippen molar-refractivity contribution in [1.29, 1.82) is 0 Å². The normalized spacial score (nSPS) is 14.3. The number of carbonyl (C=O) groups excluding carboxylic acids is 1. The van der Waals surface area contributed by atoms with Crippen molar-refractivity contribution in [2.45, 2.75) is 6.67 Å². The number of anilines is 2. The Morgan fingerprint density at radius 2 is 1.80 bits per heavy atom. The number of hydrogen-bond acceptors (Lipinski definition) is 5. The zero-order chi connectivity index (χ0) is 20.9. The molecule has 0 aliphatic carbocycles. The summed E-state index contributed by atoms with van der Waals surface area (Å²) in [6, 6.07) is 20.1. The van der Waals surface area contributed by atoms with E-state index in [4.69, 9.17) is 17.0 Å². The third-order valence-corrected chi connectivity index (χ3v) is 5.58. The fourth-order valence-corrected chi connectivity index (χ4v) is 3.93. The van der Waals surface area contributed by atoms with E-state index in [1.165, 1.54) is 0 Å². The lowest BCUT2D eigenvalue weighted by atomic mass is 10.2. The molecule has 7 heteroatoms. The van der Waals surface area contributed by atoms with Gasteiger partial charge < -0.3 is 19.5 Å². The maximum Gasteiger partial charge on any atom is 0.238 e. The van der Waals surface area contributed by atoms with Crippen molar-refractivity contribution in [3.05, 3.63) is 65.3 Å². The van der Waals surface area contributed by atoms with Gasteiger partial charge >= 0.3 is 0 Å². The highest BCUT2D eigenvalue weighted by molar-refractivity contribution is 7.71. The quantitative estimate of drug-likeness (QED) is 0.614. The van der Waals surface area contributed by atoms with Gasteiger partial charge in [-0.25, -0.2) is 0 Å². The van der Waals surface area contributed by atoms with Crippen LogP contribution in [0.3, 0.4) is 0 Å². The third kappa shape index (κ3) is 4.87. The van der Waals surface area contributed by atoms with Crippen LogP contribution in [0.4, 0.5) is 11.4 Å². The summed E-state index contributed by atoms with van der Waals surface area (Å²) in [7, 11) is 1.92. The molecular formula is C23H26N4O2S. The average molecular weight is 423 g/mol. The predicted molar refractivity (Wildman–Crippen MR) is 124 cm³/mol. The molecule has 4 rings (SSSR count). The molecule has 1 fully saturated rings. The maximum atomic E-state index is 12.5. The number of para-hydroxylation sites is 1. The Kier molecular flexibility index (Phi) is 6.42. The molecule has 0 bridgehead atoms. The third-order valence-electron chi connectivity index (χ3n) is 5.22. The number of carbonyl (C=O) groups is 1. The SMILES string of the molecule is CN(CC(=O)Nc1ccc(N2CCOCC2)cc1)Cn1c(=S)ccc2ccccc21. The van der Waals surface area contributed by atoms with Gasteiger partial charge in [-0.1, -0.05) is 30.4 Å². The van der Waals surface area contributed by atoms with Crippen LogP contribution in [0.5, 0.6) is 0 Å². The molecule has 1 aliphatic heterocycles. The Balaban J connectivity index is 1.36. The number of benzene rings is 2. The molecule has 0 radical (unpaired) electrons. The van der Waals surface area contributed by atoms with Crippen LogP contribution < -0.4 is 10.2 Å². The number of nitrogens with one attached hydrogen (secondary N) is 1. The summed E-state index contributed by atoms with van der Waals surface area (Å²) in [5.41, 5.74) is 3.02. The number of amides is 1. The largest absolute Gasteiger partial charge is 0.378 e. The molecule has 1 aliphatic rings. The fourth-order valence-electron chi connectivity index (χ4n) is 3.70. The van der Waals surface area contributed by atoms with Crippen LogP contribution in [0.15, 0.2) is 60.7 Å². The molecule has 1 amide bonds. The number of nitrogens with zero attached hydrogens (tertiary/aromatic N) is 3. The number of aromatic nitrogens is 1. The molecule has 1 aromatic heterocycles. The summed E-state index contributed by atoms with van der Waals surface area (Å²) in [4.78, 5) is 16.8. The number of pyridine rings is 1. The van der Waals surface area contributed by atoms with Crippen LogP contribution in [0.1, 0.15) is 0 Å². The van der Waals surface area contributed by atoms with Gasteiger partial charge in [-0.15, -0.1) is 0 Å². The maximum absolute atomic E-state index is 12.5. The van der Waals surface area contributed by atoms with Crippen molar-refractivity contribution in [3.63, 3.8) is 0 Å². The molecule has 3 aromatic rings. The van der Waals surface area contributed by atoms with Gasteiger partial charge in [-0.2, -0.15) is 0 Å². The second-order valence-corrected chi connectivity index (χ2v) is 7.93. The van der Waals surface area contributed by atoms with E-state index < -0.39 is 0 Å². The summed E-state index contributed by atoms with van der Waals surface area (Å²) < 4.78 is 8.20. The Hall–Kier alpha value is -2.74. The van der Waals surface area contributed by atoms with E-state index in [-0.39, 0.29) is 12.5 Å². The second-order valence-electron chi connectivity index (χ2n) is 7.51. The lowest BCUT2D eigenvalue weighted by Crippen LogP contribution is -2.36. The molecule has 2 heterocycles. The lowest BCUT2D eigenvalue weighted by Gasteiger charge is -2.29. The zero-order valence-electron chi connectivity index (χ0n) is 17.1. The predicted octanol–water partition coefficient (Wildman–Crippen LogP) is 3.74. The number of morpholine rings is 1. The van der Waals surface area contributed by atoms with Crippen LogP contribution in [0.2, 0.25) is 0 Å². The van der Waals surface area contributed by atoms with E-state index in [0.29, 0.717) is 6.67 Å². The van der Waals surface area contributed by atoms with Gasteiger partial charge in [-0.05, 0) is 54.9 Å². The molecule has 0 spiro atoms. The number of fused-ring (bicyclic) bond motifs is 1. The molecule has 0 atom stereocenters. The van der Waals surface area contributed by atoms with Crippen LogP contribution in [0, 0.1) is 4.64 Å². The zero-order valence-corrected chi connectivity index (χ0v) is 17.9. The Morgan fingerprint density at radius 3 is 2.57 bits per heavy atom. The highest BCUT2D eigenvalue weighted by atomic mass is 32.1. The highest BCUT2D eigenvalue weighted by Gasteiger charge is 2.12. The van der Waals surface area contributed by atoms with Gasteiger partial charge in [0.2, 0.25) is 5.91 Å². The summed E-state index contributed by atoms with van der Waals surface area (Å²) in [5, 5.41) is 4.11. The summed E-state index contributed by atoms with van der Waals surface area (Å²) >= 11 is 5.51. The van der Waals surface area contributed by atoms with E-state index in [0.717, 1.165) is 53.2 Å². The number of hydrogen-bond donors (Lipinski definition) is 1. The van der Waals surface area contributed by atoms with Crippen LogP contribution in [-0.2, 0) is 16.2 Å². The first-order valence-corrected chi connectivity index (χ1v) is 10.5. The van der Waals surface area contributed by atoms with E-state index in [1.807, 2.05) is 60.5 Å². The minimum atomic E-state index is -0.0524. The van der Waals surface area contributed by atoms with Crippen molar-refractivity contribution in [2.24, 2.45) is 0 Å². The minimum Gasteiger partial charge on any atom is -0.378 e. The first-order chi connectivity index (χ1) is 14.6. The second kappa shape index (κ2) is 9.38. The molecular weight excluding hydrogens is 396 g/mol. The van der Waals surface area contributed by atoms with Gasteiger partial charge in [-0.3, -0.25) is 9.69 Å². The standard InChI is InChI=1S/C23H26N4O2S/c1-25(17-27-21-5-3-2-4-18(21)6-11-23(27)30)16-22(28)24-19-7-9-20(10-8-19)26-12-14-29-15-13-26/h2-11H,12-17H2,1H3,(H,24,28). The number of likely N-dealkylation sites (N-methyl/N-ethyl adjacent to an activating group) is 1. The highest BCUT2D eigenvalue weighted by Crippen LogP contribution is 2.19. The van der Waals surface area contributed by atoms with Crippen molar-refractivity contribution >= 4 is 40.4 Å². The van der Waals surface area contributed by atoms with E-state index in [2.05, 4.69) is 26.9 Å². The summed E-state index contributed by atoms with van der Waals surface area (Å²) in [6.45, 7) is 4.12. The molecule has 0 saturated carbocycles. The topological polar surface area (TPSA) is 49.7 Å². The van der Waals surface area contributed by atoms with Gasteiger partial charge in [0, 0.05) is 24.5 Å². The smallest absolute Gasteiger partial charge is 0.238 e. The first-order valence-electron chi connectivity index (χ1n) is 10.1. The molecule has 1 N–H and O–H groups in total. The molecule has 156 valence electrons. The van der Waals surface area contributed by atoms with Gasteiger partial charge in [0.25, 0.3) is 0 Å². The number of ether oxygens (including phenoxy) is 1. The van der Waals surface area contributed by atoms with Crippen molar-refractivity contribution in [1.82, 2.24) is 9.47 Å². The summed E-state index contributed by atoms with van der Waals surface area (Å²) in [5.74, 6) is -0.0524. The van der Waals surface area contributed by atoms with Crippen LogP contribution >= 0.6 is 12.2 Å². The Labute approximate surface area is 181 Å². The number of rotatable bonds is 6. The van der Waals surface area contributed by atoms with Crippen LogP contribution in [-0.4, -0.2) is 55.3 Å². The van der Waals surface area contributed by atoms with Crippen molar-refractivity contribution in [2.75, 3.05) is 50.1 Å². The minimum absolute atomic E-state index is 0.0524. The Morgan fingerprint density at radius 1 is 1.07 bits per heavy atom. The summed E-state index contributed by atoms with van der Waals surface area (Å²) in [6.07, 6.45) is 0. The van der Waals surface area contributed by atoms with Crippen molar-refractivity contribution in [3.8, 4) is 0 Å². The lowest BCUT2D eigenvalue weighted by molar-refractivity contribution is -0.117. The van der Waals surface area contributed by atoms with Crippen molar-refractivity contribution < 1.29 is 9.53 Å². The van der Waals surface area contributed by atoms with Gasteiger partial charge in [0.05, 0.1) is 31.9 Å². The molecule has 1 saturated heterocycles. The fraction of sp³-hybridized carbons (Fsp3) is 0.304. The van der Waals surface area contributed by atoms with E-state index in [1.54, 1.807) is 0 Å². The molecule has 0 unspecified atom stereocenters. The van der Waals surface area contributed by atoms with Gasteiger partial charge in [0.15, 0.2) is 0 Å².